The molecule has 1 N–H and O–H groups in total. The lowest BCUT2D eigenvalue weighted by molar-refractivity contribution is 0.327. The van der Waals surface area contributed by atoms with Crippen molar-refractivity contribution in [2.24, 2.45) is 0 Å². The van der Waals surface area contributed by atoms with E-state index in [1.165, 1.54) is 10.3 Å². The lowest BCUT2D eigenvalue weighted by Crippen LogP contribution is -1.95. The van der Waals surface area contributed by atoms with E-state index in [1.54, 1.807) is 17.5 Å². The Morgan fingerprint density at radius 2 is 2.15 bits per heavy atom. The minimum absolute atomic E-state index is 0.622. The molecule has 4 nitrogen and oxygen atoms in total. The summed E-state index contributed by atoms with van der Waals surface area (Å²) in [7, 11) is 0. The third kappa shape index (κ3) is 2.72. The minimum Gasteiger partial charge on any atom is -0.478 e. The first-order valence-corrected chi connectivity index (χ1v) is 7.29. The van der Waals surface area contributed by atoms with Crippen LogP contribution in [0.1, 0.15) is 12.5 Å². The van der Waals surface area contributed by atoms with Crippen molar-refractivity contribution in [3.8, 4) is 5.88 Å². The molecule has 2 heterocycles. The van der Waals surface area contributed by atoms with Gasteiger partial charge in [-0.05, 0) is 37.6 Å². The van der Waals surface area contributed by atoms with Crippen LogP contribution in [0, 0.1) is 6.92 Å². The first-order chi connectivity index (χ1) is 9.74. The molecule has 3 aromatic rings. The Kier molecular flexibility index (Phi) is 3.52. The lowest BCUT2D eigenvalue weighted by Gasteiger charge is -2.04. The van der Waals surface area contributed by atoms with Crippen LogP contribution in [-0.2, 0) is 0 Å². The number of hydrogen-bond donors (Lipinski definition) is 1. The summed E-state index contributed by atoms with van der Waals surface area (Å²) in [6, 6.07) is 10.1. The second kappa shape index (κ2) is 5.46. The van der Waals surface area contributed by atoms with Gasteiger partial charge in [-0.3, -0.25) is 0 Å². The Morgan fingerprint density at radius 3 is 2.90 bits per heavy atom. The van der Waals surface area contributed by atoms with Gasteiger partial charge in [-0.1, -0.05) is 17.4 Å². The highest BCUT2D eigenvalue weighted by atomic mass is 32.1. The van der Waals surface area contributed by atoms with Gasteiger partial charge < -0.3 is 10.1 Å². The Hall–Kier alpha value is -2.14. The summed E-state index contributed by atoms with van der Waals surface area (Å²) in [6.07, 6.45) is 1.75. The molecule has 0 aliphatic rings. The second-order valence-electron chi connectivity index (χ2n) is 4.43. The number of benzene rings is 1. The highest BCUT2D eigenvalue weighted by Crippen LogP contribution is 2.28. The first kappa shape index (κ1) is 12.9. The number of thiazole rings is 1. The number of aryl methyl sites for hydroxylation is 1. The minimum atomic E-state index is 0.622. The summed E-state index contributed by atoms with van der Waals surface area (Å²) in [5.41, 5.74) is 3.15. The fraction of sp³-hybridized carbons (Fsp3) is 0.200. The van der Waals surface area contributed by atoms with Crippen LogP contribution in [-0.4, -0.2) is 16.6 Å². The zero-order valence-corrected chi connectivity index (χ0v) is 12.2. The molecule has 0 atom stereocenters. The molecular formula is C15H15N3OS. The van der Waals surface area contributed by atoms with E-state index in [0.29, 0.717) is 12.5 Å². The molecule has 0 radical (unpaired) electrons. The summed E-state index contributed by atoms with van der Waals surface area (Å²) in [5, 5.41) is 4.14. The Morgan fingerprint density at radius 1 is 1.25 bits per heavy atom. The fourth-order valence-electron chi connectivity index (χ4n) is 1.90. The molecule has 0 saturated carbocycles. The summed E-state index contributed by atoms with van der Waals surface area (Å²) >= 11 is 1.63. The SMILES string of the molecule is CCOc1ccc(Nc2nc3cc(C)ccc3s2)cn1. The van der Waals surface area contributed by atoms with Crippen LogP contribution in [0.15, 0.2) is 36.5 Å². The Bertz CT molecular complexity index is 722. The molecule has 2 aromatic heterocycles. The standard InChI is InChI=1S/C15H15N3OS/c1-3-19-14-7-5-11(9-16-14)17-15-18-12-8-10(2)4-6-13(12)20-15/h4-9H,3H2,1-2H3,(H,17,18). The molecule has 0 bridgehead atoms. The van der Waals surface area contributed by atoms with Crippen LogP contribution in [0.4, 0.5) is 10.8 Å². The van der Waals surface area contributed by atoms with E-state index >= 15 is 0 Å². The third-order valence-electron chi connectivity index (χ3n) is 2.82. The van der Waals surface area contributed by atoms with E-state index in [2.05, 4.69) is 40.4 Å². The van der Waals surface area contributed by atoms with E-state index in [9.17, 15) is 0 Å². The number of anilines is 2. The van der Waals surface area contributed by atoms with Gasteiger partial charge in [0.25, 0.3) is 0 Å². The molecule has 3 rings (SSSR count). The molecule has 20 heavy (non-hydrogen) atoms. The summed E-state index contributed by atoms with van der Waals surface area (Å²) in [5.74, 6) is 0.637. The zero-order valence-electron chi connectivity index (χ0n) is 11.4. The summed E-state index contributed by atoms with van der Waals surface area (Å²) < 4.78 is 6.50. The number of ether oxygens (including phenoxy) is 1. The molecule has 0 amide bonds. The predicted molar refractivity (Wildman–Crippen MR) is 83.0 cm³/mol. The van der Waals surface area contributed by atoms with E-state index < -0.39 is 0 Å². The molecule has 1 aromatic carbocycles. The number of aromatic nitrogens is 2. The Labute approximate surface area is 121 Å². The normalized spacial score (nSPS) is 10.7. The number of hydrogen-bond acceptors (Lipinski definition) is 5. The van der Waals surface area contributed by atoms with E-state index in [0.717, 1.165) is 16.3 Å². The van der Waals surface area contributed by atoms with Crippen LogP contribution in [0.5, 0.6) is 5.88 Å². The van der Waals surface area contributed by atoms with Crippen LogP contribution in [0.2, 0.25) is 0 Å². The molecular weight excluding hydrogens is 270 g/mol. The van der Waals surface area contributed by atoms with Crippen molar-refractivity contribution in [1.82, 2.24) is 9.97 Å². The first-order valence-electron chi connectivity index (χ1n) is 6.47. The Balaban J connectivity index is 1.81. The van der Waals surface area contributed by atoms with Crippen molar-refractivity contribution in [3.05, 3.63) is 42.1 Å². The number of rotatable bonds is 4. The van der Waals surface area contributed by atoms with Crippen LogP contribution >= 0.6 is 11.3 Å². The van der Waals surface area contributed by atoms with Crippen molar-refractivity contribution >= 4 is 32.4 Å². The highest BCUT2D eigenvalue weighted by Gasteiger charge is 2.04. The molecule has 0 fully saturated rings. The highest BCUT2D eigenvalue weighted by molar-refractivity contribution is 7.22. The van der Waals surface area contributed by atoms with Crippen molar-refractivity contribution in [1.29, 1.82) is 0 Å². The quantitative estimate of drug-likeness (QED) is 0.782. The number of nitrogens with zero attached hydrogens (tertiary/aromatic N) is 2. The van der Waals surface area contributed by atoms with Crippen molar-refractivity contribution < 1.29 is 4.74 Å². The molecule has 0 unspecified atom stereocenters. The van der Waals surface area contributed by atoms with Crippen molar-refractivity contribution in [3.63, 3.8) is 0 Å². The van der Waals surface area contributed by atoms with Gasteiger partial charge in [-0.15, -0.1) is 0 Å². The van der Waals surface area contributed by atoms with Gasteiger partial charge in [0.1, 0.15) is 0 Å². The number of fused-ring (bicyclic) bond motifs is 1. The average Bonchev–Trinajstić information content (AvgIpc) is 2.82. The molecule has 0 aliphatic heterocycles. The smallest absolute Gasteiger partial charge is 0.213 e. The zero-order chi connectivity index (χ0) is 13.9. The average molecular weight is 285 g/mol. The lowest BCUT2D eigenvalue weighted by atomic mass is 10.2. The third-order valence-corrected chi connectivity index (χ3v) is 3.77. The van der Waals surface area contributed by atoms with Crippen LogP contribution in [0.3, 0.4) is 0 Å². The monoisotopic (exact) mass is 285 g/mol. The van der Waals surface area contributed by atoms with Crippen LogP contribution in [0.25, 0.3) is 10.2 Å². The molecule has 102 valence electrons. The number of pyridine rings is 1. The molecule has 5 heteroatoms. The van der Waals surface area contributed by atoms with Gasteiger partial charge in [0, 0.05) is 6.07 Å². The number of nitrogens with one attached hydrogen (secondary N) is 1. The van der Waals surface area contributed by atoms with E-state index in [1.807, 2.05) is 19.1 Å². The maximum absolute atomic E-state index is 5.32. The largest absolute Gasteiger partial charge is 0.478 e. The van der Waals surface area contributed by atoms with Gasteiger partial charge in [-0.25, -0.2) is 9.97 Å². The van der Waals surface area contributed by atoms with E-state index in [4.69, 9.17) is 4.74 Å². The second-order valence-corrected chi connectivity index (χ2v) is 5.46. The maximum atomic E-state index is 5.32. The summed E-state index contributed by atoms with van der Waals surface area (Å²) in [4.78, 5) is 8.80. The van der Waals surface area contributed by atoms with Gasteiger partial charge in [0.05, 0.1) is 28.7 Å². The maximum Gasteiger partial charge on any atom is 0.213 e. The van der Waals surface area contributed by atoms with Crippen molar-refractivity contribution in [2.75, 3.05) is 11.9 Å². The topological polar surface area (TPSA) is 47.0 Å². The van der Waals surface area contributed by atoms with Gasteiger partial charge in [0.15, 0.2) is 5.13 Å². The van der Waals surface area contributed by atoms with Crippen LogP contribution < -0.4 is 10.1 Å². The summed E-state index contributed by atoms with van der Waals surface area (Å²) in [6.45, 7) is 4.64. The van der Waals surface area contributed by atoms with Gasteiger partial charge in [0.2, 0.25) is 5.88 Å². The predicted octanol–water partition coefficient (Wildman–Crippen LogP) is 4.14. The molecule has 0 saturated heterocycles. The van der Waals surface area contributed by atoms with Gasteiger partial charge in [-0.2, -0.15) is 0 Å². The fourth-order valence-corrected chi connectivity index (χ4v) is 2.77. The van der Waals surface area contributed by atoms with Crippen molar-refractivity contribution in [2.45, 2.75) is 13.8 Å². The van der Waals surface area contributed by atoms with Gasteiger partial charge >= 0.3 is 0 Å². The van der Waals surface area contributed by atoms with E-state index in [-0.39, 0.29) is 0 Å². The molecule has 0 spiro atoms. The molecule has 0 aliphatic carbocycles.